The quantitative estimate of drug-likeness (QED) is 0.774. The van der Waals surface area contributed by atoms with Crippen molar-refractivity contribution in [3.63, 3.8) is 0 Å². The molecule has 1 rings (SSSR count). The summed E-state index contributed by atoms with van der Waals surface area (Å²) < 4.78 is 5.16. The molecule has 0 radical (unpaired) electrons. The minimum Gasteiger partial charge on any atom is -0.383 e. The first-order chi connectivity index (χ1) is 7.30. The molecule has 0 amide bonds. The van der Waals surface area contributed by atoms with Gasteiger partial charge in [-0.05, 0) is 30.5 Å². The van der Waals surface area contributed by atoms with E-state index in [1.807, 2.05) is 0 Å². The predicted molar refractivity (Wildman–Crippen MR) is 65.4 cm³/mol. The van der Waals surface area contributed by atoms with E-state index in [4.69, 9.17) is 4.74 Å². The van der Waals surface area contributed by atoms with Crippen LogP contribution in [0.15, 0.2) is 24.3 Å². The van der Waals surface area contributed by atoms with Crippen LogP contribution in [0, 0.1) is 0 Å². The monoisotopic (exact) mass is 207 g/mol. The second-order valence-electron chi connectivity index (χ2n) is 3.76. The number of methoxy groups -OCH3 is 1. The van der Waals surface area contributed by atoms with Gasteiger partial charge in [-0.15, -0.1) is 0 Å². The van der Waals surface area contributed by atoms with Crippen LogP contribution >= 0.6 is 0 Å². The second-order valence-corrected chi connectivity index (χ2v) is 3.76. The van der Waals surface area contributed by atoms with E-state index >= 15 is 0 Å². The van der Waals surface area contributed by atoms with Gasteiger partial charge in [0.25, 0.3) is 0 Å². The maximum absolute atomic E-state index is 5.16. The lowest BCUT2D eigenvalue weighted by molar-refractivity contribution is 0.184. The van der Waals surface area contributed by atoms with E-state index in [9.17, 15) is 0 Å². The molecule has 1 N–H and O–H groups in total. The van der Waals surface area contributed by atoms with Gasteiger partial charge in [-0.25, -0.2) is 0 Å². The summed E-state index contributed by atoms with van der Waals surface area (Å²) in [6.45, 7) is 5.10. The zero-order valence-electron chi connectivity index (χ0n) is 9.92. The van der Waals surface area contributed by atoms with Crippen LogP contribution in [-0.4, -0.2) is 19.8 Å². The van der Waals surface area contributed by atoms with Gasteiger partial charge >= 0.3 is 0 Å². The molecule has 1 aromatic carbocycles. The first-order valence-corrected chi connectivity index (χ1v) is 5.64. The van der Waals surface area contributed by atoms with Crippen LogP contribution in [-0.2, 0) is 11.2 Å². The van der Waals surface area contributed by atoms with Crippen molar-refractivity contribution in [2.24, 2.45) is 0 Å². The standard InChI is InChI=1S/C13H21NO/c1-4-11-7-6-8-13(9-11)14-12(5-2)10-15-3/h6-9,12,14H,4-5,10H2,1-3H3. The summed E-state index contributed by atoms with van der Waals surface area (Å²) in [7, 11) is 1.74. The van der Waals surface area contributed by atoms with Crippen LogP contribution in [0.5, 0.6) is 0 Å². The maximum Gasteiger partial charge on any atom is 0.0663 e. The van der Waals surface area contributed by atoms with Gasteiger partial charge in [-0.2, -0.15) is 0 Å². The molecule has 0 heterocycles. The molecule has 2 heteroatoms. The lowest BCUT2D eigenvalue weighted by Gasteiger charge is -2.17. The van der Waals surface area contributed by atoms with Gasteiger partial charge in [0, 0.05) is 18.8 Å². The number of ether oxygens (including phenoxy) is 1. The van der Waals surface area contributed by atoms with Gasteiger partial charge in [0.2, 0.25) is 0 Å². The molecular weight excluding hydrogens is 186 g/mol. The Morgan fingerprint density at radius 2 is 2.13 bits per heavy atom. The van der Waals surface area contributed by atoms with Crippen LogP contribution < -0.4 is 5.32 Å². The number of anilines is 1. The summed E-state index contributed by atoms with van der Waals surface area (Å²) in [5.41, 5.74) is 2.56. The third kappa shape index (κ3) is 3.92. The molecule has 0 fully saturated rings. The summed E-state index contributed by atoms with van der Waals surface area (Å²) in [4.78, 5) is 0. The molecule has 84 valence electrons. The smallest absolute Gasteiger partial charge is 0.0663 e. The van der Waals surface area contributed by atoms with E-state index in [1.54, 1.807) is 7.11 Å². The van der Waals surface area contributed by atoms with Crippen LogP contribution in [0.2, 0.25) is 0 Å². The Hall–Kier alpha value is -1.02. The normalized spacial score (nSPS) is 12.5. The molecule has 0 aromatic heterocycles. The highest BCUT2D eigenvalue weighted by atomic mass is 16.5. The van der Waals surface area contributed by atoms with Crippen molar-refractivity contribution in [1.29, 1.82) is 0 Å². The number of hydrogen-bond donors (Lipinski definition) is 1. The van der Waals surface area contributed by atoms with E-state index in [0.29, 0.717) is 6.04 Å². The Morgan fingerprint density at radius 1 is 1.33 bits per heavy atom. The number of hydrogen-bond acceptors (Lipinski definition) is 2. The van der Waals surface area contributed by atoms with E-state index < -0.39 is 0 Å². The average molecular weight is 207 g/mol. The molecule has 1 atom stereocenters. The average Bonchev–Trinajstić information content (AvgIpc) is 2.29. The van der Waals surface area contributed by atoms with Gasteiger partial charge in [0.15, 0.2) is 0 Å². The van der Waals surface area contributed by atoms with Gasteiger partial charge < -0.3 is 10.1 Å². The van der Waals surface area contributed by atoms with Crippen LogP contribution in [0.3, 0.4) is 0 Å². The number of benzene rings is 1. The predicted octanol–water partition coefficient (Wildman–Crippen LogP) is 3.09. The topological polar surface area (TPSA) is 21.3 Å². The van der Waals surface area contributed by atoms with Gasteiger partial charge in [0.1, 0.15) is 0 Å². The summed E-state index contributed by atoms with van der Waals surface area (Å²) in [5, 5.41) is 3.48. The summed E-state index contributed by atoms with van der Waals surface area (Å²) in [6, 6.07) is 8.97. The van der Waals surface area contributed by atoms with Crippen molar-refractivity contribution >= 4 is 5.69 Å². The SMILES string of the molecule is CCc1cccc(NC(CC)COC)c1. The Kier molecular flexibility index (Phi) is 5.19. The molecule has 1 aromatic rings. The van der Waals surface area contributed by atoms with E-state index in [2.05, 4.69) is 43.4 Å². The number of nitrogens with one attached hydrogen (secondary N) is 1. The summed E-state index contributed by atoms with van der Waals surface area (Å²) >= 11 is 0. The van der Waals surface area contributed by atoms with E-state index in [1.165, 1.54) is 11.3 Å². The summed E-state index contributed by atoms with van der Waals surface area (Å²) in [5.74, 6) is 0. The number of rotatable bonds is 6. The molecule has 15 heavy (non-hydrogen) atoms. The Bertz CT molecular complexity index is 286. The maximum atomic E-state index is 5.16. The van der Waals surface area contributed by atoms with E-state index in [0.717, 1.165) is 19.4 Å². The molecule has 0 aliphatic carbocycles. The minimum absolute atomic E-state index is 0.405. The minimum atomic E-state index is 0.405. The van der Waals surface area contributed by atoms with E-state index in [-0.39, 0.29) is 0 Å². The van der Waals surface area contributed by atoms with Crippen molar-refractivity contribution in [3.8, 4) is 0 Å². The Labute approximate surface area is 92.6 Å². The first kappa shape index (κ1) is 12.1. The zero-order valence-corrected chi connectivity index (χ0v) is 9.92. The summed E-state index contributed by atoms with van der Waals surface area (Å²) in [6.07, 6.45) is 2.15. The fraction of sp³-hybridized carbons (Fsp3) is 0.538. The molecule has 0 aliphatic rings. The fourth-order valence-electron chi connectivity index (χ4n) is 1.58. The Morgan fingerprint density at radius 3 is 2.73 bits per heavy atom. The van der Waals surface area contributed by atoms with Gasteiger partial charge in [0.05, 0.1) is 6.61 Å². The van der Waals surface area contributed by atoms with Crippen LogP contribution in [0.1, 0.15) is 25.8 Å². The molecule has 1 unspecified atom stereocenters. The van der Waals surface area contributed by atoms with Crippen LogP contribution in [0.25, 0.3) is 0 Å². The third-order valence-corrected chi connectivity index (χ3v) is 2.57. The van der Waals surface area contributed by atoms with Gasteiger partial charge in [-0.3, -0.25) is 0 Å². The molecular formula is C13H21NO. The molecule has 0 bridgehead atoms. The highest BCUT2D eigenvalue weighted by molar-refractivity contribution is 5.46. The highest BCUT2D eigenvalue weighted by Gasteiger charge is 2.04. The second kappa shape index (κ2) is 6.46. The molecule has 0 saturated heterocycles. The number of aryl methyl sites for hydroxylation is 1. The van der Waals surface area contributed by atoms with Crippen LogP contribution in [0.4, 0.5) is 5.69 Å². The highest BCUT2D eigenvalue weighted by Crippen LogP contribution is 2.13. The van der Waals surface area contributed by atoms with Crippen molar-refractivity contribution in [1.82, 2.24) is 0 Å². The van der Waals surface area contributed by atoms with Crippen molar-refractivity contribution < 1.29 is 4.74 Å². The van der Waals surface area contributed by atoms with Crippen molar-refractivity contribution in [2.45, 2.75) is 32.7 Å². The zero-order chi connectivity index (χ0) is 11.1. The largest absolute Gasteiger partial charge is 0.383 e. The molecule has 2 nitrogen and oxygen atoms in total. The lowest BCUT2D eigenvalue weighted by atomic mass is 10.1. The molecule has 0 spiro atoms. The van der Waals surface area contributed by atoms with Crippen molar-refractivity contribution in [2.75, 3.05) is 19.0 Å². The molecule has 0 saturated carbocycles. The lowest BCUT2D eigenvalue weighted by Crippen LogP contribution is -2.23. The fourth-order valence-corrected chi connectivity index (χ4v) is 1.58. The van der Waals surface area contributed by atoms with Crippen molar-refractivity contribution in [3.05, 3.63) is 29.8 Å². The molecule has 0 aliphatic heterocycles. The van der Waals surface area contributed by atoms with Gasteiger partial charge in [-0.1, -0.05) is 26.0 Å². The first-order valence-electron chi connectivity index (χ1n) is 5.64. The third-order valence-electron chi connectivity index (χ3n) is 2.57. The Balaban J connectivity index is 2.61.